The van der Waals surface area contributed by atoms with Crippen LogP contribution in [0.4, 0.5) is 0 Å². The van der Waals surface area contributed by atoms with E-state index in [9.17, 15) is 4.79 Å². The summed E-state index contributed by atoms with van der Waals surface area (Å²) in [4.78, 5) is 11.1. The zero-order valence-corrected chi connectivity index (χ0v) is 8.23. The molecular formula is C9H14N4O. The number of aromatic nitrogens is 3. The Bertz CT molecular complexity index is 354. The molecule has 1 heterocycles. The third-order valence-corrected chi connectivity index (χ3v) is 2.41. The molecule has 14 heavy (non-hydrogen) atoms. The van der Waals surface area contributed by atoms with Crippen LogP contribution in [-0.4, -0.2) is 20.9 Å². The molecule has 0 spiro atoms. The highest BCUT2D eigenvalue weighted by Gasteiger charge is 2.32. The van der Waals surface area contributed by atoms with Gasteiger partial charge in [0.15, 0.2) is 5.69 Å². The molecular weight excluding hydrogens is 180 g/mol. The smallest absolute Gasteiger partial charge is 0.271 e. The molecule has 0 aromatic carbocycles. The molecule has 1 fully saturated rings. The molecule has 5 nitrogen and oxygen atoms in total. The lowest BCUT2D eigenvalue weighted by Crippen LogP contribution is -2.15. The van der Waals surface area contributed by atoms with Gasteiger partial charge >= 0.3 is 0 Å². The van der Waals surface area contributed by atoms with E-state index in [1.165, 1.54) is 0 Å². The van der Waals surface area contributed by atoms with Gasteiger partial charge in [0.05, 0.1) is 5.69 Å². The van der Waals surface area contributed by atoms with Crippen molar-refractivity contribution < 1.29 is 4.79 Å². The van der Waals surface area contributed by atoms with Gasteiger partial charge in [0, 0.05) is 12.5 Å². The quantitative estimate of drug-likeness (QED) is 0.765. The second-order valence-electron chi connectivity index (χ2n) is 3.68. The number of carbonyl (C=O) groups is 1. The summed E-state index contributed by atoms with van der Waals surface area (Å²) in [5.41, 5.74) is 6.54. The van der Waals surface area contributed by atoms with Gasteiger partial charge in [-0.15, -0.1) is 5.10 Å². The highest BCUT2D eigenvalue weighted by Crippen LogP contribution is 2.41. The Balaban J connectivity index is 2.36. The maximum absolute atomic E-state index is 11.1. The summed E-state index contributed by atoms with van der Waals surface area (Å²) < 4.78 is 1.82. The second-order valence-corrected chi connectivity index (χ2v) is 3.68. The van der Waals surface area contributed by atoms with E-state index in [0.29, 0.717) is 11.6 Å². The van der Waals surface area contributed by atoms with Crippen molar-refractivity contribution in [2.24, 2.45) is 5.73 Å². The summed E-state index contributed by atoms with van der Waals surface area (Å²) in [6.45, 7) is 2.88. The first kappa shape index (κ1) is 9.18. The van der Waals surface area contributed by atoms with Gasteiger partial charge in [0.25, 0.3) is 5.91 Å². The predicted octanol–water partition coefficient (Wildman–Crippen LogP) is 0.664. The average Bonchev–Trinajstić information content (AvgIpc) is 2.88. The number of hydrogen-bond acceptors (Lipinski definition) is 3. The van der Waals surface area contributed by atoms with Crippen molar-refractivity contribution in [1.29, 1.82) is 0 Å². The Morgan fingerprint density at radius 1 is 1.64 bits per heavy atom. The summed E-state index contributed by atoms with van der Waals surface area (Å²) in [6.07, 6.45) is 3.23. The van der Waals surface area contributed by atoms with E-state index in [0.717, 1.165) is 31.5 Å². The van der Waals surface area contributed by atoms with Crippen molar-refractivity contribution in [2.45, 2.75) is 38.6 Å². The van der Waals surface area contributed by atoms with Gasteiger partial charge in [-0.3, -0.25) is 4.79 Å². The average molecular weight is 194 g/mol. The Labute approximate surface area is 82.3 Å². The fourth-order valence-corrected chi connectivity index (χ4v) is 1.63. The number of primary amides is 1. The molecule has 2 N–H and O–H groups in total. The topological polar surface area (TPSA) is 73.8 Å². The van der Waals surface area contributed by atoms with Crippen molar-refractivity contribution in [1.82, 2.24) is 15.0 Å². The molecule has 0 radical (unpaired) electrons. The molecule has 2 rings (SSSR count). The fraction of sp³-hybridized carbons (Fsp3) is 0.667. The molecule has 0 aliphatic heterocycles. The van der Waals surface area contributed by atoms with Crippen LogP contribution in [0.3, 0.4) is 0 Å². The lowest BCUT2D eigenvalue weighted by molar-refractivity contribution is 0.0994. The maximum atomic E-state index is 11.1. The van der Waals surface area contributed by atoms with E-state index in [1.807, 2.05) is 4.68 Å². The first-order valence-corrected chi connectivity index (χ1v) is 4.97. The highest BCUT2D eigenvalue weighted by molar-refractivity contribution is 5.92. The SMILES string of the molecule is CCCn1nnc(C(N)=O)c1C1CC1. The van der Waals surface area contributed by atoms with Crippen LogP contribution in [0, 0.1) is 0 Å². The maximum Gasteiger partial charge on any atom is 0.271 e. The molecule has 1 aromatic rings. The summed E-state index contributed by atoms with van der Waals surface area (Å²) in [6, 6.07) is 0. The summed E-state index contributed by atoms with van der Waals surface area (Å²) in [7, 11) is 0. The first-order chi connectivity index (χ1) is 6.74. The van der Waals surface area contributed by atoms with E-state index in [-0.39, 0.29) is 0 Å². The zero-order chi connectivity index (χ0) is 10.1. The Morgan fingerprint density at radius 3 is 2.86 bits per heavy atom. The largest absolute Gasteiger partial charge is 0.364 e. The molecule has 1 aliphatic carbocycles. The number of amides is 1. The van der Waals surface area contributed by atoms with Crippen LogP contribution in [0.5, 0.6) is 0 Å². The second kappa shape index (κ2) is 3.40. The minimum Gasteiger partial charge on any atom is -0.364 e. The summed E-state index contributed by atoms with van der Waals surface area (Å²) in [5.74, 6) is -0.00620. The van der Waals surface area contributed by atoms with Crippen molar-refractivity contribution in [3.05, 3.63) is 11.4 Å². The Hall–Kier alpha value is -1.39. The highest BCUT2D eigenvalue weighted by atomic mass is 16.1. The Kier molecular flexibility index (Phi) is 2.23. The standard InChI is InChI=1S/C9H14N4O/c1-2-5-13-8(6-3-4-6)7(9(10)14)11-12-13/h6H,2-5H2,1H3,(H2,10,14). The lowest BCUT2D eigenvalue weighted by atomic mass is 10.2. The van der Waals surface area contributed by atoms with Crippen molar-refractivity contribution >= 4 is 5.91 Å². The van der Waals surface area contributed by atoms with Gasteiger partial charge in [-0.2, -0.15) is 0 Å². The van der Waals surface area contributed by atoms with E-state index in [4.69, 9.17) is 5.73 Å². The molecule has 0 unspecified atom stereocenters. The van der Waals surface area contributed by atoms with Crippen LogP contribution in [0.2, 0.25) is 0 Å². The number of nitrogens with zero attached hydrogens (tertiary/aromatic N) is 3. The molecule has 5 heteroatoms. The third kappa shape index (κ3) is 1.49. The van der Waals surface area contributed by atoms with E-state index in [2.05, 4.69) is 17.2 Å². The molecule has 0 bridgehead atoms. The fourth-order valence-electron chi connectivity index (χ4n) is 1.63. The zero-order valence-electron chi connectivity index (χ0n) is 8.23. The minimum atomic E-state index is -0.464. The van der Waals surface area contributed by atoms with Gasteiger partial charge in [-0.05, 0) is 19.3 Å². The Morgan fingerprint density at radius 2 is 2.36 bits per heavy atom. The van der Waals surface area contributed by atoms with Gasteiger partial charge in [0.2, 0.25) is 0 Å². The third-order valence-electron chi connectivity index (χ3n) is 2.41. The van der Waals surface area contributed by atoms with Crippen molar-refractivity contribution in [3.63, 3.8) is 0 Å². The number of aryl methyl sites for hydroxylation is 1. The van der Waals surface area contributed by atoms with Crippen LogP contribution in [-0.2, 0) is 6.54 Å². The minimum absolute atomic E-state index is 0.362. The van der Waals surface area contributed by atoms with Gasteiger partial charge in [0.1, 0.15) is 0 Å². The monoisotopic (exact) mass is 194 g/mol. The molecule has 1 saturated carbocycles. The van der Waals surface area contributed by atoms with Crippen LogP contribution in [0.15, 0.2) is 0 Å². The number of hydrogen-bond donors (Lipinski definition) is 1. The van der Waals surface area contributed by atoms with Gasteiger partial charge < -0.3 is 5.73 Å². The van der Waals surface area contributed by atoms with Crippen LogP contribution in [0.1, 0.15) is 48.3 Å². The lowest BCUT2D eigenvalue weighted by Gasteiger charge is -2.03. The molecule has 0 saturated heterocycles. The molecule has 76 valence electrons. The normalized spacial score (nSPS) is 15.8. The molecule has 0 atom stereocenters. The first-order valence-electron chi connectivity index (χ1n) is 4.97. The van der Waals surface area contributed by atoms with Crippen molar-refractivity contribution in [2.75, 3.05) is 0 Å². The summed E-state index contributed by atoms with van der Waals surface area (Å²) >= 11 is 0. The molecule has 1 aliphatic rings. The number of nitrogens with two attached hydrogens (primary N) is 1. The van der Waals surface area contributed by atoms with Gasteiger partial charge in [-0.25, -0.2) is 4.68 Å². The number of rotatable bonds is 4. The van der Waals surface area contributed by atoms with E-state index < -0.39 is 5.91 Å². The van der Waals surface area contributed by atoms with Crippen LogP contribution < -0.4 is 5.73 Å². The van der Waals surface area contributed by atoms with Crippen LogP contribution in [0.25, 0.3) is 0 Å². The van der Waals surface area contributed by atoms with E-state index in [1.54, 1.807) is 0 Å². The molecule has 1 amide bonds. The van der Waals surface area contributed by atoms with Gasteiger partial charge in [-0.1, -0.05) is 12.1 Å². The van der Waals surface area contributed by atoms with Crippen LogP contribution >= 0.6 is 0 Å². The predicted molar refractivity (Wildman–Crippen MR) is 50.8 cm³/mol. The molecule has 1 aromatic heterocycles. The van der Waals surface area contributed by atoms with Crippen molar-refractivity contribution in [3.8, 4) is 0 Å². The summed E-state index contributed by atoms with van der Waals surface area (Å²) in [5, 5.41) is 7.79. The number of carbonyl (C=O) groups excluding carboxylic acids is 1. The van der Waals surface area contributed by atoms with E-state index >= 15 is 0 Å².